The highest BCUT2D eigenvalue weighted by Gasteiger charge is 2.29. The van der Waals surface area contributed by atoms with E-state index >= 15 is 4.39 Å². The van der Waals surface area contributed by atoms with Crippen LogP contribution in [0.4, 0.5) is 4.39 Å². The van der Waals surface area contributed by atoms with Crippen molar-refractivity contribution in [1.82, 2.24) is 0 Å². The Balaban J connectivity index is 2.49. The van der Waals surface area contributed by atoms with Gasteiger partial charge in [0, 0.05) is 23.3 Å². The van der Waals surface area contributed by atoms with E-state index in [-0.39, 0.29) is 5.92 Å². The van der Waals surface area contributed by atoms with Crippen LogP contribution >= 0.6 is 0 Å². The molecule has 1 aromatic rings. The van der Waals surface area contributed by atoms with Crippen LogP contribution in [-0.4, -0.2) is 25.3 Å². The van der Waals surface area contributed by atoms with E-state index < -0.39 is 17.4 Å². The molecule has 0 saturated carbocycles. The van der Waals surface area contributed by atoms with Gasteiger partial charge < -0.3 is 14.2 Å². The molecule has 31 heavy (non-hydrogen) atoms. The second-order valence-corrected chi connectivity index (χ2v) is 8.46. The molecule has 0 amide bonds. The lowest BCUT2D eigenvalue weighted by Gasteiger charge is -2.33. The number of hydrogen-bond acceptors (Lipinski definition) is 4. The number of benzene rings is 1. The fourth-order valence-corrected chi connectivity index (χ4v) is 3.45. The lowest BCUT2D eigenvalue weighted by molar-refractivity contribution is -0.137. The molecule has 1 aliphatic heterocycles. The first-order chi connectivity index (χ1) is 14.5. The van der Waals surface area contributed by atoms with Crippen molar-refractivity contribution in [3.63, 3.8) is 0 Å². The molecule has 1 aliphatic rings. The first kappa shape index (κ1) is 24.4. The maximum atomic E-state index is 15.0. The zero-order valence-corrected chi connectivity index (χ0v) is 19.8. The van der Waals surface area contributed by atoms with Crippen molar-refractivity contribution in [2.24, 2.45) is 5.92 Å². The summed E-state index contributed by atoms with van der Waals surface area (Å²) in [5.41, 5.74) is 3.37. The highest BCUT2D eigenvalue weighted by Crippen LogP contribution is 2.44. The monoisotopic (exact) mass is 428 g/mol. The molecule has 0 radical (unpaired) electrons. The average molecular weight is 429 g/mol. The van der Waals surface area contributed by atoms with Gasteiger partial charge in [0.2, 0.25) is 0 Å². The van der Waals surface area contributed by atoms with Crippen LogP contribution in [0.5, 0.6) is 11.5 Å². The molecule has 168 valence electrons. The number of ether oxygens (including phenoxy) is 3. The summed E-state index contributed by atoms with van der Waals surface area (Å²) >= 11 is 0. The Labute approximate surface area is 185 Å². The van der Waals surface area contributed by atoms with Crippen LogP contribution in [-0.2, 0) is 9.53 Å². The van der Waals surface area contributed by atoms with Gasteiger partial charge in [-0.3, -0.25) is 0 Å². The van der Waals surface area contributed by atoms with E-state index in [1.807, 2.05) is 26.0 Å². The van der Waals surface area contributed by atoms with Crippen molar-refractivity contribution in [2.75, 3.05) is 13.7 Å². The molecule has 0 atom stereocenters. The molecule has 0 aromatic heterocycles. The van der Waals surface area contributed by atoms with Crippen LogP contribution in [0.2, 0.25) is 0 Å². The molecule has 4 nitrogen and oxygen atoms in total. The Morgan fingerprint density at radius 3 is 2.48 bits per heavy atom. The lowest BCUT2D eigenvalue weighted by Crippen LogP contribution is -2.29. The van der Waals surface area contributed by atoms with Gasteiger partial charge in [0.05, 0.1) is 13.7 Å². The molecular formula is C26H33FO4. The maximum Gasteiger partial charge on any atom is 0.330 e. The zero-order valence-electron chi connectivity index (χ0n) is 19.8. The number of esters is 1. The van der Waals surface area contributed by atoms with Crippen LogP contribution in [0.15, 0.2) is 47.8 Å². The summed E-state index contributed by atoms with van der Waals surface area (Å²) in [7, 11) is 1.56. The molecule has 0 N–H and O–H groups in total. The predicted molar refractivity (Wildman–Crippen MR) is 124 cm³/mol. The van der Waals surface area contributed by atoms with Crippen LogP contribution in [0.1, 0.15) is 59.6 Å². The van der Waals surface area contributed by atoms with Crippen molar-refractivity contribution in [3.8, 4) is 11.5 Å². The fourth-order valence-electron chi connectivity index (χ4n) is 3.45. The Kier molecular flexibility index (Phi) is 7.88. The van der Waals surface area contributed by atoms with Crippen molar-refractivity contribution >= 4 is 17.1 Å². The summed E-state index contributed by atoms with van der Waals surface area (Å²) in [6.07, 6.45) is 6.35. The number of fused-ring (bicyclic) bond motifs is 1. The molecule has 0 unspecified atom stereocenters. The van der Waals surface area contributed by atoms with Crippen LogP contribution < -0.4 is 9.47 Å². The summed E-state index contributed by atoms with van der Waals surface area (Å²) < 4.78 is 31.6. The molecular weight excluding hydrogens is 395 g/mol. The van der Waals surface area contributed by atoms with Crippen LogP contribution in [0.25, 0.3) is 11.1 Å². The molecule has 0 fully saturated rings. The molecule has 1 aromatic carbocycles. The molecule has 0 bridgehead atoms. The standard InChI is InChI=1S/C26H33FO4/c1-9-30-25(28)12-17(4)10-11-22(27)18(5)19-13-20-21(16(2)3)15-26(6,7)31-24(20)14-23(19)29-8/h10-16H,9H2,1-8H3/b11-10+,17-12+,22-18+. The third kappa shape index (κ3) is 6.09. The summed E-state index contributed by atoms with van der Waals surface area (Å²) in [4.78, 5) is 11.5. The Morgan fingerprint density at radius 1 is 1.23 bits per heavy atom. The van der Waals surface area contributed by atoms with E-state index in [2.05, 4.69) is 19.9 Å². The minimum absolute atomic E-state index is 0.285. The quantitative estimate of drug-likeness (QED) is 0.276. The van der Waals surface area contributed by atoms with E-state index in [0.29, 0.717) is 29.1 Å². The zero-order chi connectivity index (χ0) is 23.3. The molecule has 0 saturated heterocycles. The second-order valence-electron chi connectivity index (χ2n) is 8.46. The average Bonchev–Trinajstić information content (AvgIpc) is 2.69. The largest absolute Gasteiger partial charge is 0.496 e. The first-order valence-electron chi connectivity index (χ1n) is 10.5. The van der Waals surface area contributed by atoms with Gasteiger partial charge in [0.1, 0.15) is 22.9 Å². The van der Waals surface area contributed by atoms with E-state index in [0.717, 1.165) is 16.9 Å². The predicted octanol–water partition coefficient (Wildman–Crippen LogP) is 6.67. The van der Waals surface area contributed by atoms with Gasteiger partial charge in [0.15, 0.2) is 0 Å². The van der Waals surface area contributed by atoms with Crippen molar-refractivity contribution in [1.29, 1.82) is 0 Å². The topological polar surface area (TPSA) is 44.8 Å². The van der Waals surface area contributed by atoms with Crippen molar-refractivity contribution < 1.29 is 23.4 Å². The third-order valence-electron chi connectivity index (χ3n) is 5.00. The Hall–Kier alpha value is -2.82. The van der Waals surface area contributed by atoms with Gasteiger partial charge in [-0.25, -0.2) is 9.18 Å². The summed E-state index contributed by atoms with van der Waals surface area (Å²) in [5, 5.41) is 0. The highest BCUT2D eigenvalue weighted by molar-refractivity contribution is 5.83. The normalized spacial score (nSPS) is 16.5. The summed E-state index contributed by atoms with van der Waals surface area (Å²) in [6.45, 7) is 13.7. The summed E-state index contributed by atoms with van der Waals surface area (Å²) in [5.74, 6) is 0.695. The van der Waals surface area contributed by atoms with Crippen LogP contribution in [0.3, 0.4) is 0 Å². The first-order valence-corrected chi connectivity index (χ1v) is 10.5. The number of rotatable bonds is 7. The number of hydrogen-bond donors (Lipinski definition) is 0. The summed E-state index contributed by atoms with van der Waals surface area (Å²) in [6, 6.07) is 3.76. The van der Waals surface area contributed by atoms with Gasteiger partial charge in [-0.15, -0.1) is 0 Å². The van der Waals surface area contributed by atoms with Crippen molar-refractivity contribution in [3.05, 3.63) is 59.0 Å². The minimum Gasteiger partial charge on any atom is -0.496 e. The Bertz CT molecular complexity index is 962. The number of allylic oxidation sites excluding steroid dienone is 6. The van der Waals surface area contributed by atoms with E-state index in [9.17, 15) is 4.79 Å². The highest BCUT2D eigenvalue weighted by atomic mass is 19.1. The second kappa shape index (κ2) is 9.99. The third-order valence-corrected chi connectivity index (χ3v) is 5.00. The van der Waals surface area contributed by atoms with Crippen LogP contribution in [0, 0.1) is 5.92 Å². The fraction of sp³-hybridized carbons (Fsp3) is 0.423. The van der Waals surface area contributed by atoms with Gasteiger partial charge in [-0.2, -0.15) is 0 Å². The van der Waals surface area contributed by atoms with E-state index in [4.69, 9.17) is 14.2 Å². The number of halogens is 1. The lowest BCUT2D eigenvalue weighted by atomic mass is 9.86. The van der Waals surface area contributed by atoms with E-state index in [1.54, 1.807) is 34.0 Å². The van der Waals surface area contributed by atoms with Gasteiger partial charge >= 0.3 is 5.97 Å². The Morgan fingerprint density at radius 2 is 1.90 bits per heavy atom. The van der Waals surface area contributed by atoms with Crippen molar-refractivity contribution in [2.45, 2.75) is 54.1 Å². The molecule has 0 spiro atoms. The van der Waals surface area contributed by atoms with Gasteiger partial charge in [-0.1, -0.05) is 19.9 Å². The van der Waals surface area contributed by atoms with Gasteiger partial charge in [0.25, 0.3) is 0 Å². The number of methoxy groups -OCH3 is 1. The van der Waals surface area contributed by atoms with Gasteiger partial charge in [-0.05, 0) is 75.5 Å². The smallest absolute Gasteiger partial charge is 0.330 e. The molecule has 0 aliphatic carbocycles. The SMILES string of the molecule is CCOC(=O)/C=C(C)/C=C/C(F)=C(/C)c1cc2c(cc1OC)OC(C)(C)C=C2C(C)C. The van der Waals surface area contributed by atoms with E-state index in [1.165, 1.54) is 12.2 Å². The number of carbonyl (C=O) groups is 1. The maximum absolute atomic E-state index is 15.0. The number of carbonyl (C=O) groups excluding carboxylic acids is 1. The minimum atomic E-state index is -0.446. The molecule has 5 heteroatoms. The molecule has 2 rings (SSSR count). The molecule has 1 heterocycles.